The highest BCUT2D eigenvalue weighted by Gasteiger charge is 2.12. The van der Waals surface area contributed by atoms with Gasteiger partial charge in [0.25, 0.3) is 0 Å². The normalized spacial score (nSPS) is 11.5. The van der Waals surface area contributed by atoms with Crippen molar-refractivity contribution in [1.29, 1.82) is 0 Å². The van der Waals surface area contributed by atoms with E-state index in [1.807, 2.05) is 13.0 Å². The number of aryl methyl sites for hydroxylation is 1. The smallest absolute Gasteiger partial charge is 0.336 e. The highest BCUT2D eigenvalue weighted by atomic mass is 32.2. The number of aromatic hydroxyl groups is 1. The standard InChI is InChI=1S/C18H20N2O3S3/c1-4-11-5-13-12(6-16(22)23-15(13)7-14(11)21)9-25-18-20-19-17(26-18)24-8-10(2)3/h5-7,10,21H,4,8-9H2,1-3H3. The van der Waals surface area contributed by atoms with Crippen molar-refractivity contribution in [3.63, 3.8) is 0 Å². The van der Waals surface area contributed by atoms with E-state index in [-0.39, 0.29) is 5.75 Å². The van der Waals surface area contributed by atoms with Crippen LogP contribution < -0.4 is 5.63 Å². The van der Waals surface area contributed by atoms with Crippen LogP contribution in [0.2, 0.25) is 0 Å². The first-order valence-electron chi connectivity index (χ1n) is 8.34. The molecule has 0 saturated heterocycles. The molecule has 3 aromatic rings. The maximum atomic E-state index is 11.8. The van der Waals surface area contributed by atoms with Crippen LogP contribution in [0.4, 0.5) is 0 Å². The summed E-state index contributed by atoms with van der Waals surface area (Å²) in [4.78, 5) is 11.8. The quantitative estimate of drug-likeness (QED) is 0.438. The molecule has 2 aromatic heterocycles. The third kappa shape index (κ3) is 4.61. The van der Waals surface area contributed by atoms with Crippen molar-refractivity contribution in [1.82, 2.24) is 10.2 Å². The minimum absolute atomic E-state index is 0.156. The maximum absolute atomic E-state index is 11.8. The molecule has 8 heteroatoms. The lowest BCUT2D eigenvalue weighted by molar-refractivity contribution is 0.466. The SMILES string of the molecule is CCc1cc2c(CSc3nnc(SCC(C)C)s3)cc(=O)oc2cc1O. The van der Waals surface area contributed by atoms with Crippen LogP contribution in [0.25, 0.3) is 11.0 Å². The van der Waals surface area contributed by atoms with E-state index < -0.39 is 5.63 Å². The van der Waals surface area contributed by atoms with E-state index in [1.54, 1.807) is 34.9 Å². The monoisotopic (exact) mass is 408 g/mol. The Labute approximate surface area is 164 Å². The molecular weight excluding hydrogens is 388 g/mol. The molecule has 138 valence electrons. The number of phenols is 1. The predicted octanol–water partition coefficient (Wildman–Crippen LogP) is 4.95. The fraction of sp³-hybridized carbons (Fsp3) is 0.389. The third-order valence-corrected chi connectivity index (χ3v) is 7.36. The van der Waals surface area contributed by atoms with Crippen molar-refractivity contribution < 1.29 is 9.52 Å². The molecule has 0 aliphatic rings. The first-order chi connectivity index (χ1) is 12.5. The summed E-state index contributed by atoms with van der Waals surface area (Å²) < 4.78 is 7.09. The second kappa shape index (κ2) is 8.45. The summed E-state index contributed by atoms with van der Waals surface area (Å²) in [6.07, 6.45) is 0.709. The number of fused-ring (bicyclic) bond motifs is 1. The van der Waals surface area contributed by atoms with E-state index in [2.05, 4.69) is 24.0 Å². The van der Waals surface area contributed by atoms with Crippen molar-refractivity contribution in [3.8, 4) is 5.75 Å². The molecule has 1 aromatic carbocycles. The van der Waals surface area contributed by atoms with Gasteiger partial charge in [0.2, 0.25) is 0 Å². The summed E-state index contributed by atoms with van der Waals surface area (Å²) in [7, 11) is 0. The predicted molar refractivity (Wildman–Crippen MR) is 109 cm³/mol. The molecule has 5 nitrogen and oxygen atoms in total. The Hall–Kier alpha value is -1.51. The van der Waals surface area contributed by atoms with E-state index in [1.165, 1.54) is 12.1 Å². The zero-order valence-corrected chi connectivity index (χ0v) is 17.3. The van der Waals surface area contributed by atoms with Gasteiger partial charge in [-0.3, -0.25) is 0 Å². The van der Waals surface area contributed by atoms with Gasteiger partial charge in [0.15, 0.2) is 8.68 Å². The van der Waals surface area contributed by atoms with Crippen LogP contribution in [-0.2, 0) is 12.2 Å². The zero-order valence-electron chi connectivity index (χ0n) is 14.8. The summed E-state index contributed by atoms with van der Waals surface area (Å²) in [5, 5.41) is 19.3. The number of phenolic OH excluding ortho intramolecular Hbond substituents is 1. The molecule has 0 aliphatic heterocycles. The van der Waals surface area contributed by atoms with Gasteiger partial charge in [-0.15, -0.1) is 10.2 Å². The summed E-state index contributed by atoms with van der Waals surface area (Å²) in [5.41, 5.74) is 1.71. The van der Waals surface area contributed by atoms with Crippen molar-refractivity contribution in [2.45, 2.75) is 41.6 Å². The number of nitrogens with zero attached hydrogens (tertiary/aromatic N) is 2. The minimum atomic E-state index is -0.415. The molecule has 26 heavy (non-hydrogen) atoms. The van der Waals surface area contributed by atoms with Gasteiger partial charge < -0.3 is 9.52 Å². The Morgan fingerprint density at radius 1 is 1.15 bits per heavy atom. The molecule has 0 spiro atoms. The Kier molecular flexibility index (Phi) is 6.26. The van der Waals surface area contributed by atoms with Crippen LogP contribution in [-0.4, -0.2) is 21.1 Å². The Balaban J connectivity index is 1.81. The first-order valence-corrected chi connectivity index (χ1v) is 11.1. The molecule has 0 radical (unpaired) electrons. The van der Waals surface area contributed by atoms with Gasteiger partial charge >= 0.3 is 5.63 Å². The molecule has 0 atom stereocenters. The van der Waals surface area contributed by atoms with E-state index in [0.29, 0.717) is 23.7 Å². The van der Waals surface area contributed by atoms with Gasteiger partial charge in [0, 0.05) is 29.0 Å². The van der Waals surface area contributed by atoms with E-state index in [4.69, 9.17) is 4.42 Å². The van der Waals surface area contributed by atoms with Crippen molar-refractivity contribution in [2.24, 2.45) is 5.92 Å². The van der Waals surface area contributed by atoms with Gasteiger partial charge in [-0.2, -0.15) is 0 Å². The van der Waals surface area contributed by atoms with Crippen LogP contribution in [0.5, 0.6) is 5.75 Å². The lowest BCUT2D eigenvalue weighted by Gasteiger charge is -2.07. The summed E-state index contributed by atoms with van der Waals surface area (Å²) >= 11 is 4.86. The van der Waals surface area contributed by atoms with Crippen molar-refractivity contribution in [3.05, 3.63) is 39.7 Å². The molecule has 0 amide bonds. The van der Waals surface area contributed by atoms with E-state index in [0.717, 1.165) is 30.9 Å². The molecule has 0 aliphatic carbocycles. The first kappa shape index (κ1) is 19.3. The lowest BCUT2D eigenvalue weighted by atomic mass is 10.1. The van der Waals surface area contributed by atoms with Crippen LogP contribution in [0.3, 0.4) is 0 Å². The number of hydrogen-bond acceptors (Lipinski definition) is 8. The van der Waals surface area contributed by atoms with Crippen LogP contribution in [0, 0.1) is 5.92 Å². The second-order valence-corrected chi connectivity index (χ2v) is 9.72. The van der Waals surface area contributed by atoms with Crippen LogP contribution in [0.1, 0.15) is 31.9 Å². The second-order valence-electron chi connectivity index (χ2n) is 6.25. The molecule has 0 bridgehead atoms. The minimum Gasteiger partial charge on any atom is -0.508 e. The number of rotatable bonds is 7. The molecule has 0 unspecified atom stereocenters. The molecule has 1 N–H and O–H groups in total. The van der Waals surface area contributed by atoms with Gasteiger partial charge in [0.1, 0.15) is 11.3 Å². The van der Waals surface area contributed by atoms with Gasteiger partial charge in [-0.25, -0.2) is 4.79 Å². The molecule has 2 heterocycles. The largest absolute Gasteiger partial charge is 0.508 e. The summed E-state index contributed by atoms with van der Waals surface area (Å²) in [6.45, 7) is 6.34. The summed E-state index contributed by atoms with van der Waals surface area (Å²) in [6, 6.07) is 4.93. The average molecular weight is 409 g/mol. The Morgan fingerprint density at radius 2 is 1.88 bits per heavy atom. The van der Waals surface area contributed by atoms with E-state index in [9.17, 15) is 9.90 Å². The third-order valence-electron chi connectivity index (χ3n) is 3.69. The topological polar surface area (TPSA) is 76.2 Å². The van der Waals surface area contributed by atoms with Crippen LogP contribution in [0.15, 0.2) is 36.1 Å². The fourth-order valence-electron chi connectivity index (χ4n) is 2.40. The highest BCUT2D eigenvalue weighted by molar-refractivity contribution is 8.02. The van der Waals surface area contributed by atoms with Gasteiger partial charge in [-0.1, -0.05) is 55.6 Å². The Bertz CT molecular complexity index is 966. The number of hydrogen-bond donors (Lipinski definition) is 1. The Morgan fingerprint density at radius 3 is 2.58 bits per heavy atom. The summed E-state index contributed by atoms with van der Waals surface area (Å²) in [5.74, 6) is 2.38. The number of thioether (sulfide) groups is 2. The maximum Gasteiger partial charge on any atom is 0.336 e. The highest BCUT2D eigenvalue weighted by Crippen LogP contribution is 2.34. The number of aromatic nitrogens is 2. The fourth-order valence-corrected chi connectivity index (χ4v) is 5.39. The van der Waals surface area contributed by atoms with E-state index >= 15 is 0 Å². The number of benzene rings is 1. The average Bonchev–Trinajstić information content (AvgIpc) is 3.05. The van der Waals surface area contributed by atoms with Crippen molar-refractivity contribution >= 4 is 45.8 Å². The lowest BCUT2D eigenvalue weighted by Crippen LogP contribution is -2.00. The molecule has 0 saturated carbocycles. The van der Waals surface area contributed by atoms with Crippen LogP contribution >= 0.6 is 34.9 Å². The molecule has 3 rings (SSSR count). The molecular formula is C18H20N2O3S3. The molecule has 0 fully saturated rings. The van der Waals surface area contributed by atoms with Gasteiger partial charge in [0.05, 0.1) is 0 Å². The van der Waals surface area contributed by atoms with Gasteiger partial charge in [-0.05, 0) is 29.5 Å². The zero-order chi connectivity index (χ0) is 18.7. The van der Waals surface area contributed by atoms with Crippen molar-refractivity contribution in [2.75, 3.05) is 5.75 Å².